The van der Waals surface area contributed by atoms with Crippen LogP contribution in [0.2, 0.25) is 5.02 Å². The molecule has 0 saturated carbocycles. The molecule has 1 aliphatic heterocycles. The van der Waals surface area contributed by atoms with Crippen molar-refractivity contribution in [2.75, 3.05) is 25.5 Å². The van der Waals surface area contributed by atoms with E-state index in [-0.39, 0.29) is 23.9 Å². The van der Waals surface area contributed by atoms with Gasteiger partial charge in [-0.2, -0.15) is 0 Å². The number of rotatable bonds is 4. The summed E-state index contributed by atoms with van der Waals surface area (Å²) in [5.74, 6) is 0.744. The number of halogens is 1. The van der Waals surface area contributed by atoms with Crippen LogP contribution in [0.15, 0.2) is 18.2 Å². The quantitative estimate of drug-likeness (QED) is 0.873. The van der Waals surface area contributed by atoms with Crippen molar-refractivity contribution in [3.8, 4) is 5.75 Å². The van der Waals surface area contributed by atoms with Gasteiger partial charge in [-0.25, -0.2) is 4.79 Å². The van der Waals surface area contributed by atoms with Gasteiger partial charge in [0.25, 0.3) is 0 Å². The smallest absolute Gasteiger partial charge is 0.319 e. The van der Waals surface area contributed by atoms with Crippen molar-refractivity contribution >= 4 is 29.2 Å². The molecule has 0 spiro atoms. The van der Waals surface area contributed by atoms with Crippen LogP contribution in [0.4, 0.5) is 10.5 Å². The molecule has 1 fully saturated rings. The van der Waals surface area contributed by atoms with Gasteiger partial charge in [0.15, 0.2) is 0 Å². The number of urea groups is 1. The summed E-state index contributed by atoms with van der Waals surface area (Å²) < 4.78 is 5.08. The van der Waals surface area contributed by atoms with E-state index in [1.807, 2.05) is 18.7 Å². The molecule has 0 unspecified atom stereocenters. The number of amides is 3. The van der Waals surface area contributed by atoms with Crippen molar-refractivity contribution in [2.24, 2.45) is 5.92 Å². The number of nitrogens with zero attached hydrogens (tertiary/aromatic N) is 1. The monoisotopic (exact) mass is 353 g/mol. The van der Waals surface area contributed by atoms with Crippen LogP contribution in [0.25, 0.3) is 0 Å². The molecule has 0 aromatic heterocycles. The second kappa shape index (κ2) is 8.24. The molecule has 0 bridgehead atoms. The molecule has 1 aromatic carbocycles. The predicted octanol–water partition coefficient (Wildman–Crippen LogP) is 3.12. The van der Waals surface area contributed by atoms with Crippen molar-refractivity contribution in [1.29, 1.82) is 0 Å². The van der Waals surface area contributed by atoms with Crippen LogP contribution in [0.3, 0.4) is 0 Å². The Morgan fingerprint density at radius 2 is 1.96 bits per heavy atom. The third kappa shape index (κ3) is 4.77. The second-order valence-electron chi connectivity index (χ2n) is 6.20. The van der Waals surface area contributed by atoms with E-state index in [0.717, 1.165) is 12.8 Å². The summed E-state index contributed by atoms with van der Waals surface area (Å²) in [4.78, 5) is 25.9. The van der Waals surface area contributed by atoms with Crippen molar-refractivity contribution in [3.05, 3.63) is 23.2 Å². The second-order valence-corrected chi connectivity index (χ2v) is 6.61. The Labute approximate surface area is 147 Å². The number of methoxy groups -OCH3 is 1. The molecule has 1 aromatic rings. The van der Waals surface area contributed by atoms with E-state index in [2.05, 4.69) is 10.6 Å². The summed E-state index contributed by atoms with van der Waals surface area (Å²) >= 11 is 6.04. The summed E-state index contributed by atoms with van der Waals surface area (Å²) in [5, 5.41) is 6.15. The zero-order chi connectivity index (χ0) is 17.7. The number of hydrogen-bond acceptors (Lipinski definition) is 3. The fourth-order valence-electron chi connectivity index (χ4n) is 2.71. The molecule has 1 heterocycles. The predicted molar refractivity (Wildman–Crippen MR) is 94.6 cm³/mol. The molecule has 132 valence electrons. The largest absolute Gasteiger partial charge is 0.495 e. The molecule has 2 rings (SSSR count). The van der Waals surface area contributed by atoms with Crippen LogP contribution in [0, 0.1) is 5.92 Å². The summed E-state index contributed by atoms with van der Waals surface area (Å²) in [5.41, 5.74) is 0.603. The minimum Gasteiger partial charge on any atom is -0.495 e. The van der Waals surface area contributed by atoms with Gasteiger partial charge in [-0.1, -0.05) is 25.4 Å². The Bertz CT molecular complexity index is 599. The van der Waals surface area contributed by atoms with E-state index < -0.39 is 0 Å². The van der Waals surface area contributed by atoms with Gasteiger partial charge in [0.1, 0.15) is 5.75 Å². The average molecular weight is 354 g/mol. The molecular weight excluding hydrogens is 330 g/mol. The van der Waals surface area contributed by atoms with E-state index in [9.17, 15) is 9.59 Å². The molecule has 1 saturated heterocycles. The third-order valence-electron chi connectivity index (χ3n) is 4.05. The lowest BCUT2D eigenvalue weighted by molar-refractivity contribution is -0.135. The van der Waals surface area contributed by atoms with Crippen LogP contribution in [0.1, 0.15) is 26.7 Å². The number of benzene rings is 1. The summed E-state index contributed by atoms with van der Waals surface area (Å²) in [6.45, 7) is 5.16. The van der Waals surface area contributed by atoms with Crippen molar-refractivity contribution < 1.29 is 14.3 Å². The first-order chi connectivity index (χ1) is 11.4. The van der Waals surface area contributed by atoms with Gasteiger partial charge in [-0.3, -0.25) is 4.79 Å². The Morgan fingerprint density at radius 3 is 2.50 bits per heavy atom. The molecule has 2 N–H and O–H groups in total. The molecule has 0 radical (unpaired) electrons. The Balaban J connectivity index is 1.81. The maximum Gasteiger partial charge on any atom is 0.319 e. The van der Waals surface area contributed by atoms with Gasteiger partial charge in [-0.05, 0) is 31.0 Å². The molecule has 3 amide bonds. The molecule has 0 aliphatic carbocycles. The first-order valence-corrected chi connectivity index (χ1v) is 8.48. The maximum atomic E-state index is 12.1. The standard InChI is InChI=1S/C17H24ClN3O3/c1-11(2)16(22)21-8-6-12(7-9-21)19-17(23)20-13-4-5-15(24-3)14(18)10-13/h4-5,10-12H,6-9H2,1-3H3,(H2,19,20,23). The lowest BCUT2D eigenvalue weighted by atomic mass is 10.0. The number of anilines is 1. The van der Waals surface area contributed by atoms with Crippen LogP contribution in [-0.4, -0.2) is 43.1 Å². The number of nitrogens with one attached hydrogen (secondary N) is 2. The number of ether oxygens (including phenoxy) is 1. The third-order valence-corrected chi connectivity index (χ3v) is 4.34. The Hall–Kier alpha value is -1.95. The number of hydrogen-bond donors (Lipinski definition) is 2. The highest BCUT2D eigenvalue weighted by Crippen LogP contribution is 2.27. The number of likely N-dealkylation sites (tertiary alicyclic amines) is 1. The van der Waals surface area contributed by atoms with Gasteiger partial charge in [0, 0.05) is 30.7 Å². The summed E-state index contributed by atoms with van der Waals surface area (Å²) in [7, 11) is 1.54. The van der Waals surface area contributed by atoms with Gasteiger partial charge < -0.3 is 20.3 Å². The van der Waals surface area contributed by atoms with E-state index in [1.165, 1.54) is 7.11 Å². The topological polar surface area (TPSA) is 70.7 Å². The van der Waals surface area contributed by atoms with Gasteiger partial charge in [0.2, 0.25) is 5.91 Å². The van der Waals surface area contributed by atoms with Gasteiger partial charge in [-0.15, -0.1) is 0 Å². The Kier molecular flexibility index (Phi) is 6.31. The molecule has 0 atom stereocenters. The first-order valence-electron chi connectivity index (χ1n) is 8.10. The molecule has 24 heavy (non-hydrogen) atoms. The molecule has 6 nitrogen and oxygen atoms in total. The minimum absolute atomic E-state index is 0.0117. The van der Waals surface area contributed by atoms with Crippen molar-refractivity contribution in [1.82, 2.24) is 10.2 Å². The fourth-order valence-corrected chi connectivity index (χ4v) is 2.96. The van der Waals surface area contributed by atoms with Crippen LogP contribution in [0.5, 0.6) is 5.75 Å². The lowest BCUT2D eigenvalue weighted by Gasteiger charge is -2.33. The average Bonchev–Trinajstić information content (AvgIpc) is 2.55. The number of carbonyl (C=O) groups is 2. The van der Waals surface area contributed by atoms with Gasteiger partial charge in [0.05, 0.1) is 12.1 Å². The zero-order valence-corrected chi connectivity index (χ0v) is 15.0. The number of carbonyl (C=O) groups excluding carboxylic acids is 2. The van der Waals surface area contributed by atoms with Crippen molar-refractivity contribution in [3.63, 3.8) is 0 Å². The van der Waals surface area contributed by atoms with E-state index in [0.29, 0.717) is 29.5 Å². The van der Waals surface area contributed by atoms with Gasteiger partial charge >= 0.3 is 6.03 Å². The summed E-state index contributed by atoms with van der Waals surface area (Å²) in [6, 6.07) is 4.87. The van der Waals surface area contributed by atoms with Crippen molar-refractivity contribution in [2.45, 2.75) is 32.7 Å². The van der Waals surface area contributed by atoms with Crippen LogP contribution >= 0.6 is 11.6 Å². The van der Waals surface area contributed by atoms with E-state index in [4.69, 9.17) is 16.3 Å². The zero-order valence-electron chi connectivity index (χ0n) is 14.3. The minimum atomic E-state index is -0.273. The SMILES string of the molecule is COc1ccc(NC(=O)NC2CCN(C(=O)C(C)C)CC2)cc1Cl. The lowest BCUT2D eigenvalue weighted by Crippen LogP contribution is -2.48. The summed E-state index contributed by atoms with van der Waals surface area (Å²) in [6.07, 6.45) is 1.52. The highest BCUT2D eigenvalue weighted by molar-refractivity contribution is 6.32. The van der Waals surface area contributed by atoms with E-state index >= 15 is 0 Å². The van der Waals surface area contributed by atoms with Crippen LogP contribution in [-0.2, 0) is 4.79 Å². The Morgan fingerprint density at radius 1 is 1.29 bits per heavy atom. The maximum absolute atomic E-state index is 12.1. The first kappa shape index (κ1) is 18.4. The molecular formula is C17H24ClN3O3. The highest BCUT2D eigenvalue weighted by atomic mass is 35.5. The number of piperidine rings is 1. The molecule has 1 aliphatic rings. The fraction of sp³-hybridized carbons (Fsp3) is 0.529. The molecule has 7 heteroatoms. The van der Waals surface area contributed by atoms with E-state index in [1.54, 1.807) is 18.2 Å². The van der Waals surface area contributed by atoms with Crippen LogP contribution < -0.4 is 15.4 Å². The normalized spacial score (nSPS) is 15.3. The highest BCUT2D eigenvalue weighted by Gasteiger charge is 2.25.